The van der Waals surface area contributed by atoms with Gasteiger partial charge in [-0.15, -0.1) is 11.3 Å². The number of carbonyl (C=O) groups is 1. The average molecular weight is 558 g/mol. The van der Waals surface area contributed by atoms with Crippen molar-refractivity contribution in [1.29, 1.82) is 0 Å². The molecule has 0 unspecified atom stereocenters. The van der Waals surface area contributed by atoms with Gasteiger partial charge in [-0.1, -0.05) is 0 Å². The number of hydrogen-bond acceptors (Lipinski definition) is 10. The van der Waals surface area contributed by atoms with Gasteiger partial charge in [-0.25, -0.2) is 9.18 Å². The molecule has 3 aromatic heterocycles. The van der Waals surface area contributed by atoms with Gasteiger partial charge in [0.05, 0.1) is 33.9 Å². The van der Waals surface area contributed by atoms with E-state index in [4.69, 9.17) is 14.2 Å². The van der Waals surface area contributed by atoms with Crippen LogP contribution in [0.15, 0.2) is 48.9 Å². The van der Waals surface area contributed by atoms with E-state index in [0.29, 0.717) is 35.6 Å². The van der Waals surface area contributed by atoms with E-state index in [1.807, 2.05) is 28.9 Å². The number of nitro groups is 1. The SMILES string of the molecule is CN(CCOC(=O)OC(C)(C)C)CCn1cc(-c2cc3nccc(Oc4ccc([N+](=O)[O-])cc4F)c3s2)cn1. The van der Waals surface area contributed by atoms with Crippen molar-refractivity contribution in [3.05, 3.63) is 64.9 Å². The second-order valence-corrected chi connectivity index (χ2v) is 10.8. The number of nitrogens with zero attached hydrogens (tertiary/aromatic N) is 5. The first-order valence-electron chi connectivity index (χ1n) is 12.1. The summed E-state index contributed by atoms with van der Waals surface area (Å²) < 4.78 is 32.9. The molecule has 4 rings (SSSR count). The van der Waals surface area contributed by atoms with E-state index in [0.717, 1.165) is 16.5 Å². The maximum absolute atomic E-state index is 14.4. The molecule has 0 aliphatic rings. The summed E-state index contributed by atoms with van der Waals surface area (Å²) in [5, 5.41) is 15.3. The number of benzene rings is 1. The number of likely N-dealkylation sites (N-methyl/N-ethyl adjacent to an activating group) is 1. The van der Waals surface area contributed by atoms with Crippen LogP contribution in [0.2, 0.25) is 0 Å². The topological polar surface area (TPSA) is 122 Å². The van der Waals surface area contributed by atoms with Crippen LogP contribution in [0.3, 0.4) is 0 Å². The molecule has 0 saturated carbocycles. The zero-order valence-electron chi connectivity index (χ0n) is 21.9. The Morgan fingerprint density at radius 2 is 2.00 bits per heavy atom. The Morgan fingerprint density at radius 1 is 1.21 bits per heavy atom. The van der Waals surface area contributed by atoms with Crippen molar-refractivity contribution < 1.29 is 28.3 Å². The van der Waals surface area contributed by atoms with Gasteiger partial charge in [-0.2, -0.15) is 5.10 Å². The van der Waals surface area contributed by atoms with Gasteiger partial charge < -0.3 is 19.1 Å². The molecule has 0 amide bonds. The van der Waals surface area contributed by atoms with Gasteiger partial charge in [0.15, 0.2) is 11.6 Å². The molecule has 13 heteroatoms. The zero-order valence-corrected chi connectivity index (χ0v) is 22.7. The maximum Gasteiger partial charge on any atom is 0.508 e. The fourth-order valence-electron chi connectivity index (χ4n) is 3.50. The number of hydrogen-bond donors (Lipinski definition) is 0. The van der Waals surface area contributed by atoms with E-state index in [2.05, 4.69) is 10.1 Å². The summed E-state index contributed by atoms with van der Waals surface area (Å²) in [6, 6.07) is 6.78. The smallest absolute Gasteiger partial charge is 0.453 e. The highest BCUT2D eigenvalue weighted by Crippen LogP contribution is 2.39. The van der Waals surface area contributed by atoms with Crippen LogP contribution in [0.4, 0.5) is 14.9 Å². The van der Waals surface area contributed by atoms with Crippen molar-refractivity contribution in [1.82, 2.24) is 19.7 Å². The lowest BCUT2D eigenvalue weighted by Crippen LogP contribution is -2.30. The van der Waals surface area contributed by atoms with Crippen LogP contribution >= 0.6 is 11.3 Å². The van der Waals surface area contributed by atoms with Crippen molar-refractivity contribution in [3.8, 4) is 21.9 Å². The maximum atomic E-state index is 14.4. The number of nitro benzene ring substituents is 1. The Labute approximate surface area is 227 Å². The molecule has 0 fully saturated rings. The van der Waals surface area contributed by atoms with E-state index in [-0.39, 0.29) is 18.0 Å². The number of carbonyl (C=O) groups excluding carboxylic acids is 1. The highest BCUT2D eigenvalue weighted by molar-refractivity contribution is 7.22. The molecule has 1 aromatic carbocycles. The van der Waals surface area contributed by atoms with Gasteiger partial charge in [-0.05, 0) is 40.0 Å². The molecule has 0 atom stereocenters. The number of thiophene rings is 1. The quantitative estimate of drug-likeness (QED) is 0.134. The predicted octanol–water partition coefficient (Wildman–Crippen LogP) is 5.88. The molecule has 0 spiro atoms. The fraction of sp³-hybridized carbons (Fsp3) is 0.346. The molecule has 206 valence electrons. The second kappa shape index (κ2) is 11.7. The zero-order chi connectivity index (χ0) is 28.2. The Balaban J connectivity index is 1.37. The van der Waals surface area contributed by atoms with Crippen LogP contribution in [-0.4, -0.2) is 63.1 Å². The first kappa shape index (κ1) is 27.9. The van der Waals surface area contributed by atoms with Gasteiger partial charge in [0.1, 0.15) is 18.0 Å². The third-order valence-electron chi connectivity index (χ3n) is 5.43. The molecule has 0 aliphatic carbocycles. The number of fused-ring (bicyclic) bond motifs is 1. The monoisotopic (exact) mass is 557 g/mol. The first-order valence-corrected chi connectivity index (χ1v) is 12.9. The summed E-state index contributed by atoms with van der Waals surface area (Å²) in [6.45, 7) is 7.43. The highest BCUT2D eigenvalue weighted by atomic mass is 32.1. The number of halogens is 1. The van der Waals surface area contributed by atoms with Crippen LogP contribution < -0.4 is 4.74 Å². The average Bonchev–Trinajstić information content (AvgIpc) is 3.50. The number of ether oxygens (including phenoxy) is 3. The lowest BCUT2D eigenvalue weighted by atomic mass is 10.2. The van der Waals surface area contributed by atoms with Crippen LogP contribution in [-0.2, 0) is 16.0 Å². The summed E-state index contributed by atoms with van der Waals surface area (Å²) in [5.74, 6) is -0.545. The van der Waals surface area contributed by atoms with Crippen LogP contribution in [0.5, 0.6) is 11.5 Å². The largest absolute Gasteiger partial charge is 0.508 e. The minimum atomic E-state index is -0.825. The molecule has 0 aliphatic heterocycles. The molecule has 0 bridgehead atoms. The van der Waals surface area contributed by atoms with Crippen LogP contribution in [0.1, 0.15) is 20.8 Å². The third-order valence-corrected chi connectivity index (χ3v) is 6.62. The third kappa shape index (κ3) is 7.48. The molecule has 11 nitrogen and oxygen atoms in total. The summed E-state index contributed by atoms with van der Waals surface area (Å²) in [5.41, 5.74) is 0.620. The number of aromatic nitrogens is 3. The fourth-order valence-corrected chi connectivity index (χ4v) is 4.54. The first-order chi connectivity index (χ1) is 18.5. The summed E-state index contributed by atoms with van der Waals surface area (Å²) in [6.07, 6.45) is 4.56. The molecule has 4 aromatic rings. The van der Waals surface area contributed by atoms with Gasteiger partial charge in [0, 0.05) is 48.1 Å². The Kier molecular flexibility index (Phi) is 8.41. The molecular formula is C26H28FN5O6S. The number of pyridine rings is 1. The van der Waals surface area contributed by atoms with Crippen molar-refractivity contribution in [2.75, 3.05) is 26.7 Å². The standard InChI is InChI=1S/C26H28FN5O6S/c1-26(2,3)38-25(33)36-12-11-30(4)9-10-31-16-17(15-29-31)23-14-20-24(39-23)22(7-8-28-20)37-21-6-5-18(32(34)35)13-19(21)27/h5-8,13-16H,9-12H2,1-4H3. The van der Waals surface area contributed by atoms with Crippen LogP contribution in [0.25, 0.3) is 20.7 Å². The lowest BCUT2D eigenvalue weighted by molar-refractivity contribution is -0.385. The van der Waals surface area contributed by atoms with E-state index in [9.17, 15) is 19.3 Å². The number of rotatable bonds is 10. The predicted molar refractivity (Wildman–Crippen MR) is 144 cm³/mol. The Morgan fingerprint density at radius 3 is 2.72 bits per heavy atom. The highest BCUT2D eigenvalue weighted by Gasteiger charge is 2.18. The van der Waals surface area contributed by atoms with Crippen molar-refractivity contribution in [3.63, 3.8) is 0 Å². The van der Waals surface area contributed by atoms with E-state index < -0.39 is 22.5 Å². The second-order valence-electron chi connectivity index (χ2n) is 9.72. The van der Waals surface area contributed by atoms with E-state index >= 15 is 0 Å². The Hall–Kier alpha value is -4.10. The number of non-ortho nitro benzene ring substituents is 1. The molecular weight excluding hydrogens is 529 g/mol. The van der Waals surface area contributed by atoms with Crippen molar-refractivity contribution in [2.24, 2.45) is 0 Å². The van der Waals surface area contributed by atoms with Gasteiger partial charge >= 0.3 is 6.16 Å². The van der Waals surface area contributed by atoms with Gasteiger partial charge in [0.2, 0.25) is 0 Å². The van der Waals surface area contributed by atoms with E-state index in [1.54, 1.807) is 39.2 Å². The van der Waals surface area contributed by atoms with Gasteiger partial charge in [-0.3, -0.25) is 19.8 Å². The van der Waals surface area contributed by atoms with Crippen molar-refractivity contribution in [2.45, 2.75) is 32.9 Å². The summed E-state index contributed by atoms with van der Waals surface area (Å²) in [7, 11) is 1.93. The van der Waals surface area contributed by atoms with Gasteiger partial charge in [0.25, 0.3) is 5.69 Å². The molecule has 0 N–H and O–H groups in total. The minimum absolute atomic E-state index is 0.114. The van der Waals surface area contributed by atoms with E-state index in [1.165, 1.54) is 23.5 Å². The summed E-state index contributed by atoms with van der Waals surface area (Å²) in [4.78, 5) is 29.2. The summed E-state index contributed by atoms with van der Waals surface area (Å²) >= 11 is 1.42. The normalized spacial score (nSPS) is 11.6. The molecule has 0 radical (unpaired) electrons. The van der Waals surface area contributed by atoms with Crippen LogP contribution in [0, 0.1) is 15.9 Å². The lowest BCUT2D eigenvalue weighted by Gasteiger charge is -2.20. The molecule has 39 heavy (non-hydrogen) atoms. The molecule has 0 saturated heterocycles. The molecule has 3 heterocycles. The Bertz CT molecular complexity index is 1480. The minimum Gasteiger partial charge on any atom is -0.453 e. The van der Waals surface area contributed by atoms with Crippen molar-refractivity contribution >= 4 is 33.4 Å².